The van der Waals surface area contributed by atoms with Crippen LogP contribution in [-0.4, -0.2) is 42.0 Å². The van der Waals surface area contributed by atoms with Crippen LogP contribution < -0.4 is 0 Å². The minimum atomic E-state index is -0.229. The van der Waals surface area contributed by atoms with Gasteiger partial charge in [0.1, 0.15) is 0 Å². The Morgan fingerprint density at radius 2 is 2.00 bits per heavy atom. The van der Waals surface area contributed by atoms with Crippen molar-refractivity contribution in [3.63, 3.8) is 0 Å². The van der Waals surface area contributed by atoms with Gasteiger partial charge in [-0.3, -0.25) is 0 Å². The predicted octanol–water partition coefficient (Wildman–Crippen LogP) is 1.65. The van der Waals surface area contributed by atoms with Gasteiger partial charge in [-0.25, -0.2) is 0 Å². The number of hydrogen-bond acceptors (Lipinski definition) is 3. The molecule has 0 bridgehead atoms. The SMILES string of the molecule is CCCC(CS)CN(C)CC(C)O. The van der Waals surface area contributed by atoms with Gasteiger partial charge in [-0.2, -0.15) is 12.6 Å². The summed E-state index contributed by atoms with van der Waals surface area (Å²) in [7, 11) is 2.05. The fourth-order valence-corrected chi connectivity index (χ4v) is 1.91. The smallest absolute Gasteiger partial charge is 0.0638 e. The van der Waals surface area contributed by atoms with Crippen molar-refractivity contribution in [2.45, 2.75) is 32.8 Å². The number of nitrogens with zero attached hydrogens (tertiary/aromatic N) is 1. The standard InChI is InChI=1S/C10H23NOS/c1-4-5-10(8-13)7-11(3)6-9(2)12/h9-10,12-13H,4-8H2,1-3H3. The van der Waals surface area contributed by atoms with Crippen molar-refractivity contribution in [2.24, 2.45) is 5.92 Å². The van der Waals surface area contributed by atoms with Crippen molar-refractivity contribution in [2.75, 3.05) is 25.9 Å². The molecule has 0 radical (unpaired) electrons. The van der Waals surface area contributed by atoms with Crippen molar-refractivity contribution >= 4 is 12.6 Å². The van der Waals surface area contributed by atoms with E-state index in [-0.39, 0.29) is 6.10 Å². The van der Waals surface area contributed by atoms with E-state index in [2.05, 4.69) is 31.5 Å². The summed E-state index contributed by atoms with van der Waals surface area (Å²) in [5, 5.41) is 9.18. The van der Waals surface area contributed by atoms with Crippen LogP contribution in [0.4, 0.5) is 0 Å². The summed E-state index contributed by atoms with van der Waals surface area (Å²) in [5.74, 6) is 1.61. The van der Waals surface area contributed by atoms with Crippen LogP contribution in [-0.2, 0) is 0 Å². The molecule has 0 aromatic rings. The molecule has 0 rings (SSSR count). The first-order valence-corrected chi connectivity index (χ1v) is 5.70. The van der Waals surface area contributed by atoms with Gasteiger partial charge in [-0.1, -0.05) is 13.3 Å². The van der Waals surface area contributed by atoms with Gasteiger partial charge in [0.2, 0.25) is 0 Å². The molecule has 2 nitrogen and oxygen atoms in total. The van der Waals surface area contributed by atoms with E-state index in [4.69, 9.17) is 0 Å². The van der Waals surface area contributed by atoms with E-state index in [0.717, 1.165) is 18.8 Å². The molecule has 3 heteroatoms. The van der Waals surface area contributed by atoms with Gasteiger partial charge in [-0.05, 0) is 32.1 Å². The maximum atomic E-state index is 9.18. The molecule has 0 aliphatic rings. The van der Waals surface area contributed by atoms with Crippen LogP contribution in [0.1, 0.15) is 26.7 Å². The van der Waals surface area contributed by atoms with Crippen molar-refractivity contribution in [1.82, 2.24) is 4.90 Å². The third-order valence-corrected chi connectivity index (χ3v) is 2.62. The lowest BCUT2D eigenvalue weighted by Crippen LogP contribution is -2.32. The molecule has 0 aromatic heterocycles. The summed E-state index contributed by atoms with van der Waals surface area (Å²) in [6.45, 7) is 5.83. The van der Waals surface area contributed by atoms with E-state index in [9.17, 15) is 5.11 Å². The van der Waals surface area contributed by atoms with Crippen LogP contribution in [0.2, 0.25) is 0 Å². The average Bonchev–Trinajstić information content (AvgIpc) is 2.02. The number of aliphatic hydroxyl groups is 1. The Bertz CT molecular complexity index is 119. The molecular weight excluding hydrogens is 182 g/mol. The topological polar surface area (TPSA) is 23.5 Å². The molecule has 80 valence electrons. The number of hydrogen-bond donors (Lipinski definition) is 2. The Labute approximate surface area is 87.7 Å². The highest BCUT2D eigenvalue weighted by molar-refractivity contribution is 7.80. The van der Waals surface area contributed by atoms with Crippen molar-refractivity contribution < 1.29 is 5.11 Å². The van der Waals surface area contributed by atoms with Gasteiger partial charge in [0, 0.05) is 13.1 Å². The fourth-order valence-electron chi connectivity index (χ4n) is 1.61. The van der Waals surface area contributed by atoms with Gasteiger partial charge in [-0.15, -0.1) is 0 Å². The summed E-state index contributed by atoms with van der Waals surface area (Å²) < 4.78 is 0. The highest BCUT2D eigenvalue weighted by Gasteiger charge is 2.10. The second-order valence-corrected chi connectivity index (χ2v) is 4.27. The predicted molar refractivity (Wildman–Crippen MR) is 61.4 cm³/mol. The first kappa shape index (κ1) is 13.3. The first-order chi connectivity index (χ1) is 6.10. The molecule has 0 aliphatic carbocycles. The molecule has 2 atom stereocenters. The Kier molecular flexibility index (Phi) is 7.81. The van der Waals surface area contributed by atoms with Crippen LogP contribution in [0.5, 0.6) is 0 Å². The van der Waals surface area contributed by atoms with Crippen molar-refractivity contribution in [3.05, 3.63) is 0 Å². The third kappa shape index (κ3) is 7.35. The average molecular weight is 205 g/mol. The zero-order valence-corrected chi connectivity index (χ0v) is 9.93. The van der Waals surface area contributed by atoms with E-state index < -0.39 is 0 Å². The number of rotatable bonds is 7. The van der Waals surface area contributed by atoms with Crippen LogP contribution in [0.3, 0.4) is 0 Å². The maximum absolute atomic E-state index is 9.18. The van der Waals surface area contributed by atoms with Crippen molar-refractivity contribution in [3.8, 4) is 0 Å². The summed E-state index contributed by atoms with van der Waals surface area (Å²) in [6.07, 6.45) is 2.22. The monoisotopic (exact) mass is 205 g/mol. The molecule has 1 N–H and O–H groups in total. The first-order valence-electron chi connectivity index (χ1n) is 5.07. The molecule has 0 spiro atoms. The largest absolute Gasteiger partial charge is 0.392 e. The third-order valence-electron chi connectivity index (χ3n) is 2.10. The summed E-state index contributed by atoms with van der Waals surface area (Å²) >= 11 is 4.33. The second kappa shape index (κ2) is 7.65. The summed E-state index contributed by atoms with van der Waals surface area (Å²) in [4.78, 5) is 2.18. The van der Waals surface area contributed by atoms with Gasteiger partial charge < -0.3 is 10.0 Å². The Morgan fingerprint density at radius 3 is 2.38 bits per heavy atom. The normalized spacial score (nSPS) is 16.2. The molecule has 0 amide bonds. The molecular formula is C10H23NOS. The zero-order valence-electron chi connectivity index (χ0n) is 9.03. The minimum Gasteiger partial charge on any atom is -0.392 e. The fraction of sp³-hybridized carbons (Fsp3) is 1.00. The lowest BCUT2D eigenvalue weighted by Gasteiger charge is -2.23. The minimum absolute atomic E-state index is 0.229. The zero-order chi connectivity index (χ0) is 10.3. The summed E-state index contributed by atoms with van der Waals surface area (Å²) in [5.41, 5.74) is 0. The highest BCUT2D eigenvalue weighted by Crippen LogP contribution is 2.09. The molecule has 13 heavy (non-hydrogen) atoms. The Hall–Kier alpha value is 0.270. The molecule has 0 aliphatic heterocycles. The lowest BCUT2D eigenvalue weighted by atomic mass is 10.1. The quantitative estimate of drug-likeness (QED) is 0.617. The lowest BCUT2D eigenvalue weighted by molar-refractivity contribution is 0.133. The van der Waals surface area contributed by atoms with E-state index in [1.165, 1.54) is 12.8 Å². The van der Waals surface area contributed by atoms with E-state index in [1.54, 1.807) is 0 Å². The van der Waals surface area contributed by atoms with Crippen LogP contribution in [0.25, 0.3) is 0 Å². The van der Waals surface area contributed by atoms with Gasteiger partial charge in [0.25, 0.3) is 0 Å². The number of aliphatic hydroxyl groups excluding tert-OH is 1. The van der Waals surface area contributed by atoms with Crippen LogP contribution in [0.15, 0.2) is 0 Å². The molecule has 0 aromatic carbocycles. The van der Waals surface area contributed by atoms with Gasteiger partial charge in [0.05, 0.1) is 6.10 Å². The van der Waals surface area contributed by atoms with Crippen molar-refractivity contribution in [1.29, 1.82) is 0 Å². The molecule has 0 heterocycles. The van der Waals surface area contributed by atoms with Crippen LogP contribution >= 0.6 is 12.6 Å². The molecule has 0 fully saturated rings. The van der Waals surface area contributed by atoms with Crippen LogP contribution in [0, 0.1) is 5.92 Å². The number of likely N-dealkylation sites (N-methyl/N-ethyl adjacent to an activating group) is 1. The van der Waals surface area contributed by atoms with Gasteiger partial charge >= 0.3 is 0 Å². The maximum Gasteiger partial charge on any atom is 0.0638 e. The van der Waals surface area contributed by atoms with Gasteiger partial charge in [0.15, 0.2) is 0 Å². The second-order valence-electron chi connectivity index (χ2n) is 3.91. The van der Waals surface area contributed by atoms with E-state index in [1.807, 2.05) is 6.92 Å². The van der Waals surface area contributed by atoms with E-state index >= 15 is 0 Å². The molecule has 0 saturated heterocycles. The summed E-state index contributed by atoms with van der Waals surface area (Å²) in [6, 6.07) is 0. The Morgan fingerprint density at radius 1 is 1.38 bits per heavy atom. The molecule has 0 saturated carbocycles. The molecule has 2 unspecified atom stereocenters. The number of thiol groups is 1. The highest BCUT2D eigenvalue weighted by atomic mass is 32.1. The Balaban J connectivity index is 3.65. The van der Waals surface area contributed by atoms with E-state index in [0.29, 0.717) is 5.92 Å².